The van der Waals surface area contributed by atoms with Gasteiger partial charge in [-0.1, -0.05) is 6.07 Å². The third-order valence-electron chi connectivity index (χ3n) is 7.47. The van der Waals surface area contributed by atoms with Crippen LogP contribution < -0.4 is 5.73 Å². The first kappa shape index (κ1) is 33.2. The quantitative estimate of drug-likeness (QED) is 0.119. The van der Waals surface area contributed by atoms with Gasteiger partial charge < -0.3 is 19.9 Å². The summed E-state index contributed by atoms with van der Waals surface area (Å²) in [5.41, 5.74) is 10.2. The Morgan fingerprint density at radius 1 is 0.809 bits per heavy atom. The molecule has 1 aliphatic carbocycles. The topological polar surface area (TPSA) is 128 Å². The van der Waals surface area contributed by atoms with E-state index < -0.39 is 17.3 Å². The SMILES string of the molecule is CC(C)(C)OC(=O)n1ccc2cc(N)ccc21.COC(=O)c1cc(C2CC2)cnc1Cc1ccc2c(ccn2C(=O)OC(C)(C)C)c1. The summed E-state index contributed by atoms with van der Waals surface area (Å²) in [6.45, 7) is 11.1. The number of anilines is 1. The van der Waals surface area contributed by atoms with Gasteiger partial charge in [-0.05, 0) is 120 Å². The second kappa shape index (κ2) is 12.9. The number of carbonyl (C=O) groups excluding carboxylic acids is 3. The van der Waals surface area contributed by atoms with Gasteiger partial charge in [0.25, 0.3) is 0 Å². The highest BCUT2D eigenvalue weighted by Crippen LogP contribution is 2.40. The molecule has 0 amide bonds. The number of nitrogen functional groups attached to an aromatic ring is 1. The molecule has 1 fully saturated rings. The number of esters is 1. The number of fused-ring (bicyclic) bond motifs is 2. The number of hydrogen-bond donors (Lipinski definition) is 1. The fourth-order valence-electron chi connectivity index (χ4n) is 5.17. The van der Waals surface area contributed by atoms with E-state index in [0.29, 0.717) is 29.3 Å². The third-order valence-corrected chi connectivity index (χ3v) is 7.47. The summed E-state index contributed by atoms with van der Waals surface area (Å²) in [6, 6.07) is 16.9. The van der Waals surface area contributed by atoms with E-state index in [1.165, 1.54) is 16.2 Å². The molecule has 246 valence electrons. The number of pyridine rings is 1. The van der Waals surface area contributed by atoms with Crippen molar-refractivity contribution in [2.75, 3.05) is 12.8 Å². The predicted octanol–water partition coefficient (Wildman–Crippen LogP) is 8.08. The van der Waals surface area contributed by atoms with Gasteiger partial charge in [-0.15, -0.1) is 0 Å². The van der Waals surface area contributed by atoms with Crippen molar-refractivity contribution in [1.29, 1.82) is 0 Å². The number of benzene rings is 2. The van der Waals surface area contributed by atoms with Crippen LogP contribution >= 0.6 is 0 Å². The maximum atomic E-state index is 12.4. The van der Waals surface area contributed by atoms with E-state index in [1.54, 1.807) is 18.5 Å². The second-order valence-electron chi connectivity index (χ2n) is 13.7. The molecule has 2 N–H and O–H groups in total. The molecular formula is C37H42N4O6. The molecule has 6 rings (SSSR count). The van der Waals surface area contributed by atoms with Crippen LogP contribution in [0.15, 0.2) is 73.2 Å². The summed E-state index contributed by atoms with van der Waals surface area (Å²) in [5.74, 6) is 0.149. The van der Waals surface area contributed by atoms with Gasteiger partial charge in [-0.3, -0.25) is 14.1 Å². The molecule has 10 nitrogen and oxygen atoms in total. The maximum absolute atomic E-state index is 12.4. The number of ether oxygens (including phenoxy) is 3. The molecule has 0 spiro atoms. The zero-order chi connectivity index (χ0) is 34.1. The first-order chi connectivity index (χ1) is 22.1. The van der Waals surface area contributed by atoms with Crippen molar-refractivity contribution in [2.24, 2.45) is 0 Å². The van der Waals surface area contributed by atoms with E-state index in [0.717, 1.165) is 45.8 Å². The minimum Gasteiger partial charge on any atom is -0.465 e. The number of nitrogens with zero attached hydrogens (tertiary/aromatic N) is 3. The van der Waals surface area contributed by atoms with Crippen LogP contribution in [0.1, 0.15) is 87.5 Å². The maximum Gasteiger partial charge on any atom is 0.418 e. The molecule has 2 aromatic carbocycles. The molecule has 3 heterocycles. The first-order valence-electron chi connectivity index (χ1n) is 15.6. The van der Waals surface area contributed by atoms with Crippen LogP contribution in [0.25, 0.3) is 21.8 Å². The molecule has 0 saturated heterocycles. The average molecular weight is 639 g/mol. The van der Waals surface area contributed by atoms with Crippen LogP contribution in [0.5, 0.6) is 0 Å². The van der Waals surface area contributed by atoms with Crippen molar-refractivity contribution in [1.82, 2.24) is 14.1 Å². The molecule has 0 aliphatic heterocycles. The molecule has 5 aromatic rings. The van der Waals surface area contributed by atoms with Crippen LogP contribution in [-0.4, -0.2) is 50.6 Å². The summed E-state index contributed by atoms with van der Waals surface area (Å²) < 4.78 is 18.8. The molecule has 1 saturated carbocycles. The second-order valence-corrected chi connectivity index (χ2v) is 13.7. The highest BCUT2D eigenvalue weighted by Gasteiger charge is 2.26. The Kier molecular flexibility index (Phi) is 9.15. The molecular weight excluding hydrogens is 596 g/mol. The molecule has 0 unspecified atom stereocenters. The molecule has 1 aliphatic rings. The smallest absolute Gasteiger partial charge is 0.418 e. The fourth-order valence-corrected chi connectivity index (χ4v) is 5.17. The predicted molar refractivity (Wildman–Crippen MR) is 182 cm³/mol. The van der Waals surface area contributed by atoms with Crippen LogP contribution in [0.4, 0.5) is 15.3 Å². The Balaban J connectivity index is 0.000000216. The van der Waals surface area contributed by atoms with Gasteiger partial charge >= 0.3 is 18.2 Å². The Morgan fingerprint density at radius 2 is 1.36 bits per heavy atom. The Morgan fingerprint density at radius 3 is 1.89 bits per heavy atom. The molecule has 0 bridgehead atoms. The highest BCUT2D eigenvalue weighted by atomic mass is 16.6. The molecule has 0 atom stereocenters. The number of nitrogens with two attached hydrogens (primary N) is 1. The average Bonchev–Trinajstić information content (AvgIpc) is 3.61. The molecule has 10 heteroatoms. The third kappa shape index (κ3) is 8.19. The lowest BCUT2D eigenvalue weighted by Crippen LogP contribution is -2.26. The summed E-state index contributed by atoms with van der Waals surface area (Å²) in [7, 11) is 1.39. The van der Waals surface area contributed by atoms with Gasteiger partial charge in [0, 0.05) is 41.5 Å². The van der Waals surface area contributed by atoms with Crippen molar-refractivity contribution < 1.29 is 28.6 Å². The van der Waals surface area contributed by atoms with Gasteiger partial charge in [-0.25, -0.2) is 14.4 Å². The zero-order valence-electron chi connectivity index (χ0n) is 28.0. The first-order valence-corrected chi connectivity index (χ1v) is 15.6. The number of rotatable bonds is 4. The van der Waals surface area contributed by atoms with E-state index >= 15 is 0 Å². The van der Waals surface area contributed by atoms with Crippen LogP contribution in [-0.2, 0) is 20.6 Å². The monoisotopic (exact) mass is 638 g/mol. The van der Waals surface area contributed by atoms with Gasteiger partial charge in [0.15, 0.2) is 0 Å². The summed E-state index contributed by atoms with van der Waals surface area (Å²) in [6.07, 6.45) is 7.29. The lowest BCUT2D eigenvalue weighted by molar-refractivity contribution is 0.0533. The van der Waals surface area contributed by atoms with Crippen molar-refractivity contribution >= 4 is 45.6 Å². The Hall–Kier alpha value is -5.12. The van der Waals surface area contributed by atoms with E-state index in [9.17, 15) is 14.4 Å². The largest absolute Gasteiger partial charge is 0.465 e. The Bertz CT molecular complexity index is 1950. The standard InChI is InChI=1S/C24H26N2O4.C13H16N2O2/c1-24(2,3)30-23(28)26-10-9-17-11-15(5-8-21(17)26)12-20-19(22(27)29-4)13-18(14-25-20)16-6-7-16;1-13(2,3)17-12(16)15-7-6-9-8-10(14)4-5-11(9)15/h5,8-11,13-14,16H,6-7,12H2,1-4H3;4-8H,14H2,1-3H3. The van der Waals surface area contributed by atoms with Crippen molar-refractivity contribution in [3.05, 3.63) is 95.6 Å². The summed E-state index contributed by atoms with van der Waals surface area (Å²) in [5, 5.41) is 1.85. The van der Waals surface area contributed by atoms with E-state index in [1.807, 2.05) is 96.3 Å². The number of hydrogen-bond acceptors (Lipinski definition) is 8. The minimum atomic E-state index is -0.559. The van der Waals surface area contributed by atoms with Crippen LogP contribution in [0.2, 0.25) is 0 Å². The number of methoxy groups -OCH3 is 1. The number of carbonyl (C=O) groups is 3. The van der Waals surface area contributed by atoms with E-state index in [4.69, 9.17) is 19.9 Å². The highest BCUT2D eigenvalue weighted by molar-refractivity contribution is 5.92. The fraction of sp³-hybridized carbons (Fsp3) is 0.351. The lowest BCUT2D eigenvalue weighted by atomic mass is 10.0. The van der Waals surface area contributed by atoms with E-state index in [2.05, 4.69) is 4.98 Å². The van der Waals surface area contributed by atoms with Crippen LogP contribution in [0.3, 0.4) is 0 Å². The van der Waals surface area contributed by atoms with Gasteiger partial charge in [-0.2, -0.15) is 0 Å². The molecule has 0 radical (unpaired) electrons. The van der Waals surface area contributed by atoms with Gasteiger partial charge in [0.1, 0.15) is 11.2 Å². The molecule has 47 heavy (non-hydrogen) atoms. The van der Waals surface area contributed by atoms with Crippen molar-refractivity contribution in [3.63, 3.8) is 0 Å². The van der Waals surface area contributed by atoms with Crippen LogP contribution in [0, 0.1) is 0 Å². The Labute approximate surface area is 274 Å². The summed E-state index contributed by atoms with van der Waals surface area (Å²) in [4.78, 5) is 41.3. The van der Waals surface area contributed by atoms with Crippen molar-refractivity contribution in [2.45, 2.75) is 77.9 Å². The zero-order valence-corrected chi connectivity index (χ0v) is 28.0. The normalized spacial score (nSPS) is 13.2. The van der Waals surface area contributed by atoms with Gasteiger partial charge in [0.2, 0.25) is 0 Å². The minimum absolute atomic E-state index is 0.364. The van der Waals surface area contributed by atoms with Gasteiger partial charge in [0.05, 0.1) is 29.4 Å². The summed E-state index contributed by atoms with van der Waals surface area (Å²) >= 11 is 0. The van der Waals surface area contributed by atoms with Crippen molar-refractivity contribution in [3.8, 4) is 0 Å². The lowest BCUT2D eigenvalue weighted by Gasteiger charge is -2.19. The molecule has 3 aromatic heterocycles. The number of aromatic nitrogens is 3. The van der Waals surface area contributed by atoms with E-state index in [-0.39, 0.29) is 12.1 Å².